The Morgan fingerprint density at radius 3 is 2.50 bits per heavy atom. The lowest BCUT2D eigenvalue weighted by atomic mass is 10.5. The molecule has 0 fully saturated rings. The second-order valence-corrected chi connectivity index (χ2v) is 1.96. The maximum atomic E-state index is 8.41. The van der Waals surface area contributed by atoms with E-state index in [2.05, 4.69) is 14.7 Å². The zero-order chi connectivity index (χ0) is 9.14. The molecule has 0 saturated carbocycles. The number of aromatic nitrogens is 2. The summed E-state index contributed by atoms with van der Waals surface area (Å²) in [5.74, 6) is -0.0291. The van der Waals surface area contributed by atoms with Gasteiger partial charge in [-0.25, -0.2) is 0 Å². The van der Waals surface area contributed by atoms with Crippen molar-refractivity contribution in [1.29, 1.82) is 0 Å². The Kier molecular flexibility index (Phi) is 2.15. The van der Waals surface area contributed by atoms with Crippen LogP contribution in [0.3, 0.4) is 0 Å². The molecule has 1 aromatic rings. The van der Waals surface area contributed by atoms with Gasteiger partial charge in [0, 0.05) is 0 Å². The van der Waals surface area contributed by atoms with Crippen LogP contribution in [0, 0.1) is 0 Å². The monoisotopic (exact) mass is 171 g/mol. The summed E-state index contributed by atoms with van der Waals surface area (Å²) in [6.45, 7) is -0.542. The lowest BCUT2D eigenvalue weighted by Crippen LogP contribution is -2.08. The summed E-state index contributed by atoms with van der Waals surface area (Å²) < 4.78 is 4.62. The second kappa shape index (κ2) is 3.09. The van der Waals surface area contributed by atoms with E-state index >= 15 is 0 Å². The number of anilines is 3. The fourth-order valence-corrected chi connectivity index (χ4v) is 0.654. The molecule has 12 heavy (non-hydrogen) atoms. The molecule has 1 rings (SSSR count). The van der Waals surface area contributed by atoms with Gasteiger partial charge in [-0.15, -0.1) is 0 Å². The van der Waals surface area contributed by atoms with Crippen molar-refractivity contribution in [2.45, 2.75) is 0 Å². The standard InChI is InChI=1S/C5H9N5O2/c6-2-3(7)9-5(8)10-4(2)12-1-11/h11H,1,6H2,(H4,7,8,9,10). The van der Waals surface area contributed by atoms with Gasteiger partial charge in [0.05, 0.1) is 0 Å². The highest BCUT2D eigenvalue weighted by atomic mass is 16.6. The van der Waals surface area contributed by atoms with Crippen molar-refractivity contribution in [1.82, 2.24) is 9.97 Å². The first-order valence-electron chi connectivity index (χ1n) is 3.07. The number of hydrogen-bond donors (Lipinski definition) is 4. The molecule has 0 atom stereocenters. The van der Waals surface area contributed by atoms with Crippen LogP contribution >= 0.6 is 0 Å². The fourth-order valence-electron chi connectivity index (χ4n) is 0.654. The number of nitrogens with two attached hydrogens (primary N) is 3. The quantitative estimate of drug-likeness (QED) is 0.400. The molecule has 0 aromatic carbocycles. The summed E-state index contributed by atoms with van der Waals surface area (Å²) in [6.07, 6.45) is 0. The summed E-state index contributed by atoms with van der Waals surface area (Å²) >= 11 is 0. The van der Waals surface area contributed by atoms with Gasteiger partial charge in [0.2, 0.25) is 11.8 Å². The van der Waals surface area contributed by atoms with E-state index < -0.39 is 6.79 Å². The molecular formula is C5H9N5O2. The molecule has 7 heteroatoms. The third kappa shape index (κ3) is 1.45. The van der Waals surface area contributed by atoms with E-state index in [4.69, 9.17) is 22.3 Å². The molecule has 0 aliphatic rings. The van der Waals surface area contributed by atoms with E-state index in [9.17, 15) is 0 Å². The van der Waals surface area contributed by atoms with Crippen molar-refractivity contribution in [2.24, 2.45) is 0 Å². The average molecular weight is 171 g/mol. The smallest absolute Gasteiger partial charge is 0.246 e. The maximum Gasteiger partial charge on any atom is 0.246 e. The lowest BCUT2D eigenvalue weighted by Gasteiger charge is -2.06. The number of ether oxygens (including phenoxy) is 1. The molecule has 66 valence electrons. The van der Waals surface area contributed by atoms with Gasteiger partial charge in [0.1, 0.15) is 5.69 Å². The highest BCUT2D eigenvalue weighted by molar-refractivity contribution is 5.65. The van der Waals surface area contributed by atoms with E-state index in [1.807, 2.05) is 0 Å². The molecule has 0 bridgehead atoms. The van der Waals surface area contributed by atoms with E-state index in [1.165, 1.54) is 0 Å². The summed E-state index contributed by atoms with van der Waals surface area (Å²) in [6, 6.07) is 0. The van der Waals surface area contributed by atoms with Gasteiger partial charge < -0.3 is 27.0 Å². The molecule has 0 amide bonds. The van der Waals surface area contributed by atoms with Crippen molar-refractivity contribution in [2.75, 3.05) is 24.0 Å². The molecule has 7 N–H and O–H groups in total. The van der Waals surface area contributed by atoms with Crippen LogP contribution in [0.2, 0.25) is 0 Å². The minimum absolute atomic E-state index is 0.0116. The Morgan fingerprint density at radius 2 is 1.92 bits per heavy atom. The highest BCUT2D eigenvalue weighted by Crippen LogP contribution is 2.23. The minimum atomic E-state index is -0.542. The number of nitrogens with zero attached hydrogens (tertiary/aromatic N) is 2. The Labute approximate surface area is 68.2 Å². The fraction of sp³-hybridized carbons (Fsp3) is 0.200. The molecule has 0 spiro atoms. The summed E-state index contributed by atoms with van der Waals surface area (Å²) in [5.41, 5.74) is 16.0. The molecule has 0 aliphatic carbocycles. The topological polar surface area (TPSA) is 133 Å². The molecule has 0 aliphatic heterocycles. The average Bonchev–Trinajstić information content (AvgIpc) is 2.00. The van der Waals surface area contributed by atoms with Crippen LogP contribution in [0.4, 0.5) is 17.5 Å². The van der Waals surface area contributed by atoms with Crippen molar-refractivity contribution in [3.63, 3.8) is 0 Å². The van der Waals surface area contributed by atoms with Crippen LogP contribution in [0.15, 0.2) is 0 Å². The molecule has 0 saturated heterocycles. The summed E-state index contributed by atoms with van der Waals surface area (Å²) in [4.78, 5) is 7.18. The van der Waals surface area contributed by atoms with E-state index in [0.29, 0.717) is 0 Å². The van der Waals surface area contributed by atoms with E-state index in [-0.39, 0.29) is 23.3 Å². The van der Waals surface area contributed by atoms with E-state index in [1.54, 1.807) is 0 Å². The zero-order valence-corrected chi connectivity index (χ0v) is 6.19. The molecule has 0 unspecified atom stereocenters. The predicted octanol–water partition coefficient (Wildman–Crippen LogP) is -1.45. The number of aliphatic hydroxyl groups is 1. The van der Waals surface area contributed by atoms with Crippen LogP contribution in [0.5, 0.6) is 5.88 Å². The molecular weight excluding hydrogens is 162 g/mol. The van der Waals surface area contributed by atoms with Crippen LogP contribution in [-0.2, 0) is 0 Å². The first-order chi connectivity index (χ1) is 5.65. The van der Waals surface area contributed by atoms with E-state index in [0.717, 1.165) is 0 Å². The summed E-state index contributed by atoms with van der Waals surface area (Å²) in [5, 5.41) is 8.41. The van der Waals surface area contributed by atoms with Crippen molar-refractivity contribution >= 4 is 17.5 Å². The number of rotatable bonds is 2. The molecule has 0 radical (unpaired) electrons. The van der Waals surface area contributed by atoms with Gasteiger partial charge >= 0.3 is 0 Å². The van der Waals surface area contributed by atoms with Crippen molar-refractivity contribution < 1.29 is 9.84 Å². The first-order valence-corrected chi connectivity index (χ1v) is 3.07. The third-order valence-corrected chi connectivity index (χ3v) is 1.16. The SMILES string of the molecule is Nc1nc(N)c(N)c(OCO)n1. The Hall–Kier alpha value is -1.76. The van der Waals surface area contributed by atoms with Gasteiger partial charge in [-0.1, -0.05) is 0 Å². The minimum Gasteiger partial charge on any atom is -0.449 e. The second-order valence-electron chi connectivity index (χ2n) is 1.96. The molecule has 1 aromatic heterocycles. The van der Waals surface area contributed by atoms with Gasteiger partial charge in [-0.2, -0.15) is 9.97 Å². The van der Waals surface area contributed by atoms with Crippen molar-refractivity contribution in [3.8, 4) is 5.88 Å². The Morgan fingerprint density at radius 1 is 1.25 bits per heavy atom. The largest absolute Gasteiger partial charge is 0.449 e. The lowest BCUT2D eigenvalue weighted by molar-refractivity contribution is 0.0950. The maximum absolute atomic E-state index is 8.41. The van der Waals surface area contributed by atoms with Crippen molar-refractivity contribution in [3.05, 3.63) is 0 Å². The molecule has 1 heterocycles. The third-order valence-electron chi connectivity index (χ3n) is 1.16. The Balaban J connectivity index is 3.09. The summed E-state index contributed by atoms with van der Waals surface area (Å²) in [7, 11) is 0. The first kappa shape index (κ1) is 8.34. The van der Waals surface area contributed by atoms with Gasteiger partial charge in [-0.3, -0.25) is 0 Å². The highest BCUT2D eigenvalue weighted by Gasteiger charge is 2.07. The van der Waals surface area contributed by atoms with Gasteiger partial charge in [0.25, 0.3) is 0 Å². The Bertz CT molecular complexity index is 289. The zero-order valence-electron chi connectivity index (χ0n) is 6.19. The normalized spacial score (nSPS) is 9.75. The number of nitrogen functional groups attached to an aromatic ring is 3. The number of hydrogen-bond acceptors (Lipinski definition) is 7. The number of aliphatic hydroxyl groups excluding tert-OH is 1. The molecule has 7 nitrogen and oxygen atoms in total. The van der Waals surface area contributed by atoms with Crippen LogP contribution in [0.25, 0.3) is 0 Å². The van der Waals surface area contributed by atoms with Crippen LogP contribution in [-0.4, -0.2) is 21.9 Å². The van der Waals surface area contributed by atoms with Crippen LogP contribution in [0.1, 0.15) is 0 Å². The van der Waals surface area contributed by atoms with Gasteiger partial charge in [0.15, 0.2) is 12.6 Å². The van der Waals surface area contributed by atoms with Crippen LogP contribution < -0.4 is 21.9 Å². The predicted molar refractivity (Wildman–Crippen MR) is 43.0 cm³/mol. The van der Waals surface area contributed by atoms with Gasteiger partial charge in [-0.05, 0) is 0 Å².